The van der Waals surface area contributed by atoms with Gasteiger partial charge in [-0.3, -0.25) is 14.5 Å². The predicted molar refractivity (Wildman–Crippen MR) is 114 cm³/mol. The standard InChI is InChI=1S/C23H25N3O5/c1-3-31-20(28)17-10-7-11-18(14-17)24-19(27)15-26-21(29)23(2,25-22(26)30)13-12-16-8-5-4-6-9-16/h4-11,14H,3,12-13,15H2,1-2H3,(H,24,27)(H,25,30)/t23-/m0/s1. The van der Waals surface area contributed by atoms with E-state index >= 15 is 0 Å². The number of ether oxygens (including phenoxy) is 1. The molecule has 4 amide bonds. The number of esters is 1. The van der Waals surface area contributed by atoms with Crippen LogP contribution in [0, 0.1) is 0 Å². The number of carbonyl (C=O) groups excluding carboxylic acids is 4. The normalized spacial score (nSPS) is 17.9. The van der Waals surface area contributed by atoms with Gasteiger partial charge in [-0.25, -0.2) is 9.59 Å². The molecule has 0 saturated carbocycles. The van der Waals surface area contributed by atoms with Crippen molar-refractivity contribution in [3.05, 3.63) is 65.7 Å². The van der Waals surface area contributed by atoms with E-state index in [1.165, 1.54) is 6.07 Å². The topological polar surface area (TPSA) is 105 Å². The van der Waals surface area contributed by atoms with E-state index < -0.39 is 35.9 Å². The summed E-state index contributed by atoms with van der Waals surface area (Å²) in [6.07, 6.45) is 1.03. The molecule has 0 radical (unpaired) electrons. The van der Waals surface area contributed by atoms with Crippen LogP contribution in [0.3, 0.4) is 0 Å². The van der Waals surface area contributed by atoms with E-state index in [0.29, 0.717) is 24.1 Å². The molecule has 8 heteroatoms. The summed E-state index contributed by atoms with van der Waals surface area (Å²) < 4.78 is 4.94. The van der Waals surface area contributed by atoms with Crippen molar-refractivity contribution in [3.63, 3.8) is 0 Å². The molecule has 1 saturated heterocycles. The number of nitrogens with zero attached hydrogens (tertiary/aromatic N) is 1. The van der Waals surface area contributed by atoms with Gasteiger partial charge in [-0.15, -0.1) is 0 Å². The summed E-state index contributed by atoms with van der Waals surface area (Å²) in [5.74, 6) is -1.48. The van der Waals surface area contributed by atoms with Crippen LogP contribution in [0.1, 0.15) is 36.2 Å². The van der Waals surface area contributed by atoms with Crippen molar-refractivity contribution in [2.45, 2.75) is 32.2 Å². The Hall–Kier alpha value is -3.68. The molecule has 2 aromatic carbocycles. The fourth-order valence-corrected chi connectivity index (χ4v) is 3.38. The zero-order valence-corrected chi connectivity index (χ0v) is 17.5. The van der Waals surface area contributed by atoms with Gasteiger partial charge >= 0.3 is 12.0 Å². The molecule has 1 heterocycles. The molecule has 0 aromatic heterocycles. The number of urea groups is 1. The lowest BCUT2D eigenvalue weighted by atomic mass is 9.93. The van der Waals surface area contributed by atoms with Crippen molar-refractivity contribution < 1.29 is 23.9 Å². The highest BCUT2D eigenvalue weighted by Gasteiger charge is 2.47. The van der Waals surface area contributed by atoms with Gasteiger partial charge < -0.3 is 15.4 Å². The Labute approximate surface area is 180 Å². The van der Waals surface area contributed by atoms with Gasteiger partial charge in [-0.2, -0.15) is 0 Å². The first-order valence-corrected chi connectivity index (χ1v) is 10.1. The molecule has 1 aliphatic heterocycles. The Kier molecular flexibility index (Phi) is 6.69. The van der Waals surface area contributed by atoms with Crippen LogP contribution in [0.5, 0.6) is 0 Å². The second-order valence-electron chi connectivity index (χ2n) is 7.49. The Balaban J connectivity index is 1.61. The zero-order chi connectivity index (χ0) is 22.4. The number of imide groups is 1. The number of benzene rings is 2. The average molecular weight is 423 g/mol. The van der Waals surface area contributed by atoms with Crippen LogP contribution >= 0.6 is 0 Å². The molecule has 1 aliphatic rings. The second kappa shape index (κ2) is 9.42. The van der Waals surface area contributed by atoms with Gasteiger partial charge in [-0.1, -0.05) is 36.4 Å². The lowest BCUT2D eigenvalue weighted by Crippen LogP contribution is -2.45. The lowest BCUT2D eigenvalue weighted by molar-refractivity contribution is -0.133. The van der Waals surface area contributed by atoms with Gasteiger partial charge in [0.05, 0.1) is 12.2 Å². The van der Waals surface area contributed by atoms with Crippen LogP contribution in [0.25, 0.3) is 0 Å². The Morgan fingerprint density at radius 1 is 1.10 bits per heavy atom. The van der Waals surface area contributed by atoms with E-state index in [4.69, 9.17) is 4.74 Å². The second-order valence-corrected chi connectivity index (χ2v) is 7.49. The number of hydrogen-bond donors (Lipinski definition) is 2. The van der Waals surface area contributed by atoms with E-state index in [1.807, 2.05) is 30.3 Å². The summed E-state index contributed by atoms with van der Waals surface area (Å²) in [7, 11) is 0. The molecule has 2 aromatic rings. The number of nitrogens with one attached hydrogen (secondary N) is 2. The molecular formula is C23H25N3O5. The molecule has 0 aliphatic carbocycles. The molecule has 1 atom stereocenters. The molecule has 2 N–H and O–H groups in total. The van der Waals surface area contributed by atoms with E-state index in [1.54, 1.807) is 32.0 Å². The zero-order valence-electron chi connectivity index (χ0n) is 17.5. The Morgan fingerprint density at radius 2 is 1.84 bits per heavy atom. The highest BCUT2D eigenvalue weighted by atomic mass is 16.5. The minimum Gasteiger partial charge on any atom is -0.462 e. The lowest BCUT2D eigenvalue weighted by Gasteiger charge is -2.21. The summed E-state index contributed by atoms with van der Waals surface area (Å²) in [4.78, 5) is 50.4. The van der Waals surface area contributed by atoms with Crippen LogP contribution < -0.4 is 10.6 Å². The fourth-order valence-electron chi connectivity index (χ4n) is 3.38. The van der Waals surface area contributed by atoms with Crippen molar-refractivity contribution in [2.75, 3.05) is 18.5 Å². The maximum Gasteiger partial charge on any atom is 0.338 e. The first kappa shape index (κ1) is 22.0. The predicted octanol–water partition coefficient (Wildman–Crippen LogP) is 2.75. The van der Waals surface area contributed by atoms with Gasteiger partial charge in [0.1, 0.15) is 12.1 Å². The monoisotopic (exact) mass is 423 g/mol. The number of rotatable bonds is 8. The van der Waals surface area contributed by atoms with E-state index in [0.717, 1.165) is 10.5 Å². The summed E-state index contributed by atoms with van der Waals surface area (Å²) >= 11 is 0. The van der Waals surface area contributed by atoms with Crippen LogP contribution in [-0.4, -0.2) is 47.4 Å². The SMILES string of the molecule is CCOC(=O)c1cccc(NC(=O)CN2C(=O)N[C@@](C)(CCc3ccccc3)C2=O)c1. The van der Waals surface area contributed by atoms with Crippen molar-refractivity contribution in [1.82, 2.24) is 10.2 Å². The summed E-state index contributed by atoms with van der Waals surface area (Å²) in [6.45, 7) is 3.19. The van der Waals surface area contributed by atoms with Crippen molar-refractivity contribution >= 4 is 29.5 Å². The molecule has 1 fully saturated rings. The van der Waals surface area contributed by atoms with Crippen LogP contribution in [0.15, 0.2) is 54.6 Å². The molecular weight excluding hydrogens is 398 g/mol. The Morgan fingerprint density at radius 3 is 2.55 bits per heavy atom. The first-order chi connectivity index (χ1) is 14.8. The van der Waals surface area contributed by atoms with Crippen molar-refractivity contribution in [2.24, 2.45) is 0 Å². The maximum absolute atomic E-state index is 12.9. The average Bonchev–Trinajstić information content (AvgIpc) is 2.97. The van der Waals surface area contributed by atoms with Gasteiger partial charge in [0.2, 0.25) is 5.91 Å². The van der Waals surface area contributed by atoms with Crippen LogP contribution in [-0.2, 0) is 20.7 Å². The number of amides is 4. The Bertz CT molecular complexity index is 992. The molecule has 0 bridgehead atoms. The molecule has 3 rings (SSSR count). The number of aryl methyl sites for hydroxylation is 1. The smallest absolute Gasteiger partial charge is 0.338 e. The number of hydrogen-bond acceptors (Lipinski definition) is 5. The van der Waals surface area contributed by atoms with Gasteiger partial charge in [0, 0.05) is 5.69 Å². The molecule has 162 valence electrons. The molecule has 8 nitrogen and oxygen atoms in total. The first-order valence-electron chi connectivity index (χ1n) is 10.1. The van der Waals surface area contributed by atoms with E-state index in [-0.39, 0.29) is 6.61 Å². The molecule has 31 heavy (non-hydrogen) atoms. The van der Waals surface area contributed by atoms with Gasteiger partial charge in [0.15, 0.2) is 0 Å². The summed E-state index contributed by atoms with van der Waals surface area (Å²) in [5, 5.41) is 5.32. The highest BCUT2D eigenvalue weighted by molar-refractivity contribution is 6.10. The van der Waals surface area contributed by atoms with Crippen molar-refractivity contribution in [3.8, 4) is 0 Å². The fraction of sp³-hybridized carbons (Fsp3) is 0.304. The number of anilines is 1. The quantitative estimate of drug-likeness (QED) is 0.502. The van der Waals surface area contributed by atoms with Crippen molar-refractivity contribution in [1.29, 1.82) is 0 Å². The van der Waals surface area contributed by atoms with Gasteiger partial charge in [0.25, 0.3) is 5.91 Å². The third-order valence-corrected chi connectivity index (χ3v) is 5.06. The number of carbonyl (C=O) groups is 4. The molecule has 0 unspecified atom stereocenters. The third-order valence-electron chi connectivity index (χ3n) is 5.06. The third kappa shape index (κ3) is 5.28. The minimum atomic E-state index is -1.07. The van der Waals surface area contributed by atoms with Gasteiger partial charge in [-0.05, 0) is 50.5 Å². The maximum atomic E-state index is 12.9. The summed E-state index contributed by atoms with van der Waals surface area (Å²) in [6, 6.07) is 15.3. The van der Waals surface area contributed by atoms with Crippen LogP contribution in [0.2, 0.25) is 0 Å². The molecule has 0 spiro atoms. The largest absolute Gasteiger partial charge is 0.462 e. The van der Waals surface area contributed by atoms with Crippen LogP contribution in [0.4, 0.5) is 10.5 Å². The van der Waals surface area contributed by atoms with E-state index in [2.05, 4.69) is 10.6 Å². The van der Waals surface area contributed by atoms with E-state index in [9.17, 15) is 19.2 Å². The minimum absolute atomic E-state index is 0.241. The highest BCUT2D eigenvalue weighted by Crippen LogP contribution is 2.23. The summed E-state index contributed by atoms with van der Waals surface area (Å²) in [5.41, 5.74) is 0.651.